The van der Waals surface area contributed by atoms with Gasteiger partial charge >= 0.3 is 0 Å². The molecule has 0 saturated heterocycles. The Bertz CT molecular complexity index is 774. The number of hydrogen-bond donors (Lipinski definition) is 3. The van der Waals surface area contributed by atoms with Crippen LogP contribution in [-0.2, 0) is 22.9 Å². The van der Waals surface area contributed by atoms with E-state index in [0.29, 0.717) is 24.2 Å². The molecule has 0 aromatic heterocycles. The fraction of sp³-hybridized carbons (Fsp3) is 0.333. The summed E-state index contributed by atoms with van der Waals surface area (Å²) in [7, 11) is -3.83. The highest BCUT2D eigenvalue weighted by Gasteiger charge is 2.18. The number of nitrogens with two attached hydrogens (primary N) is 3. The predicted octanol–water partition coefficient (Wildman–Crippen LogP) is 2.18. The highest BCUT2D eigenvalue weighted by atomic mass is 32.2. The molecule has 0 aliphatic rings. The Hall–Kier alpha value is -1.89. The minimum Gasteiger partial charge on any atom is -0.398 e. The van der Waals surface area contributed by atoms with Gasteiger partial charge in [-0.3, -0.25) is 0 Å². The topological polar surface area (TPSA) is 112 Å². The number of hydrogen-bond acceptors (Lipinski definition) is 4. The van der Waals surface area contributed by atoms with Crippen LogP contribution in [0.1, 0.15) is 36.0 Å². The van der Waals surface area contributed by atoms with E-state index in [9.17, 15) is 8.42 Å². The van der Waals surface area contributed by atoms with Gasteiger partial charge in [0.2, 0.25) is 10.0 Å². The van der Waals surface area contributed by atoms with Crippen molar-refractivity contribution in [3.8, 4) is 0 Å². The molecule has 0 spiro atoms. The van der Waals surface area contributed by atoms with Crippen LogP contribution >= 0.6 is 0 Å². The van der Waals surface area contributed by atoms with Crippen molar-refractivity contribution in [2.45, 2.75) is 37.0 Å². The van der Waals surface area contributed by atoms with Crippen molar-refractivity contribution < 1.29 is 8.42 Å². The number of rotatable bonds is 8. The van der Waals surface area contributed by atoms with Crippen molar-refractivity contribution in [3.05, 3.63) is 59.2 Å². The Morgan fingerprint density at radius 3 is 2.25 bits per heavy atom. The lowest BCUT2D eigenvalue weighted by atomic mass is 9.99. The summed E-state index contributed by atoms with van der Waals surface area (Å²) in [6.07, 6.45) is 4.11. The van der Waals surface area contributed by atoms with Gasteiger partial charge in [-0.1, -0.05) is 36.8 Å². The van der Waals surface area contributed by atoms with Crippen molar-refractivity contribution in [3.63, 3.8) is 0 Å². The average molecular weight is 347 g/mol. The third kappa shape index (κ3) is 5.06. The van der Waals surface area contributed by atoms with E-state index >= 15 is 0 Å². The zero-order valence-corrected chi connectivity index (χ0v) is 14.6. The average Bonchev–Trinajstić information content (AvgIpc) is 2.54. The van der Waals surface area contributed by atoms with Crippen LogP contribution in [0.5, 0.6) is 0 Å². The molecule has 2 aromatic carbocycles. The molecule has 6 N–H and O–H groups in total. The van der Waals surface area contributed by atoms with Crippen LogP contribution in [-0.4, -0.2) is 15.0 Å². The van der Waals surface area contributed by atoms with Gasteiger partial charge in [-0.15, -0.1) is 0 Å². The molecule has 6 heteroatoms. The van der Waals surface area contributed by atoms with Crippen LogP contribution in [0.15, 0.2) is 47.4 Å². The second kappa shape index (κ2) is 8.28. The molecule has 0 radical (unpaired) electrons. The molecule has 0 atom stereocenters. The summed E-state index contributed by atoms with van der Waals surface area (Å²) < 4.78 is 24.1. The molecule has 0 saturated carbocycles. The van der Waals surface area contributed by atoms with Gasteiger partial charge in [0.25, 0.3) is 0 Å². The summed E-state index contributed by atoms with van der Waals surface area (Å²) in [5.41, 5.74) is 14.6. The number of unbranched alkanes of at least 4 members (excludes halogenated alkanes) is 2. The summed E-state index contributed by atoms with van der Waals surface area (Å²) >= 11 is 0. The second-order valence-electron chi connectivity index (χ2n) is 5.97. The van der Waals surface area contributed by atoms with Gasteiger partial charge in [-0.25, -0.2) is 13.6 Å². The molecule has 2 rings (SSSR count). The Morgan fingerprint density at radius 2 is 1.62 bits per heavy atom. The van der Waals surface area contributed by atoms with Crippen LogP contribution in [0.3, 0.4) is 0 Å². The quantitative estimate of drug-likeness (QED) is 0.502. The molecule has 0 amide bonds. The van der Waals surface area contributed by atoms with E-state index < -0.39 is 10.0 Å². The molecule has 24 heavy (non-hydrogen) atoms. The zero-order chi connectivity index (χ0) is 17.6. The smallest absolute Gasteiger partial charge is 0.238 e. The Labute approximate surface area is 143 Å². The Kier molecular flexibility index (Phi) is 6.36. The molecular weight excluding hydrogens is 322 g/mol. The minimum atomic E-state index is -3.83. The number of aryl methyl sites for hydroxylation is 1. The number of benzene rings is 2. The first-order chi connectivity index (χ1) is 11.4. The summed E-state index contributed by atoms with van der Waals surface area (Å²) in [5, 5.41) is 5.43. The van der Waals surface area contributed by atoms with Crippen molar-refractivity contribution >= 4 is 15.7 Å². The van der Waals surface area contributed by atoms with E-state index in [1.807, 2.05) is 36.4 Å². The Morgan fingerprint density at radius 1 is 0.917 bits per heavy atom. The summed E-state index contributed by atoms with van der Waals surface area (Å²) in [6, 6.07) is 13.1. The SMILES string of the molecule is NCCCCCc1cc(N)c(Cc2ccccc2)c(S(N)(=O)=O)c1. The molecular formula is C18H25N3O2S. The highest BCUT2D eigenvalue weighted by molar-refractivity contribution is 7.89. The van der Waals surface area contributed by atoms with Crippen molar-refractivity contribution in [1.29, 1.82) is 0 Å². The number of sulfonamides is 1. The van der Waals surface area contributed by atoms with E-state index in [1.54, 1.807) is 6.07 Å². The van der Waals surface area contributed by atoms with E-state index in [2.05, 4.69) is 0 Å². The summed E-state index contributed by atoms with van der Waals surface area (Å²) in [5.74, 6) is 0. The third-order valence-electron chi connectivity index (χ3n) is 4.00. The molecule has 0 heterocycles. The van der Waals surface area contributed by atoms with Gasteiger partial charge in [-0.05, 0) is 54.6 Å². The Balaban J connectivity index is 2.33. The molecule has 130 valence electrons. The lowest BCUT2D eigenvalue weighted by Gasteiger charge is -2.14. The largest absolute Gasteiger partial charge is 0.398 e. The molecule has 0 bridgehead atoms. The van der Waals surface area contributed by atoms with Crippen LogP contribution < -0.4 is 16.6 Å². The fourth-order valence-corrected chi connectivity index (χ4v) is 3.61. The maximum Gasteiger partial charge on any atom is 0.238 e. The fourth-order valence-electron chi connectivity index (χ4n) is 2.76. The molecule has 2 aromatic rings. The first kappa shape index (κ1) is 18.4. The van der Waals surface area contributed by atoms with Crippen molar-refractivity contribution in [2.24, 2.45) is 10.9 Å². The monoisotopic (exact) mass is 347 g/mol. The van der Waals surface area contributed by atoms with Gasteiger partial charge in [-0.2, -0.15) is 0 Å². The number of anilines is 1. The highest BCUT2D eigenvalue weighted by Crippen LogP contribution is 2.27. The first-order valence-corrected chi connectivity index (χ1v) is 9.64. The van der Waals surface area contributed by atoms with E-state index in [4.69, 9.17) is 16.6 Å². The zero-order valence-electron chi connectivity index (χ0n) is 13.7. The molecule has 5 nitrogen and oxygen atoms in total. The van der Waals surface area contributed by atoms with Crippen molar-refractivity contribution in [2.75, 3.05) is 12.3 Å². The second-order valence-corrected chi connectivity index (χ2v) is 7.50. The van der Waals surface area contributed by atoms with Gasteiger partial charge < -0.3 is 11.5 Å². The number of nitrogen functional groups attached to an aromatic ring is 1. The maximum atomic E-state index is 12.0. The lowest BCUT2D eigenvalue weighted by Crippen LogP contribution is -2.16. The molecule has 0 aliphatic heterocycles. The molecule has 0 fully saturated rings. The lowest BCUT2D eigenvalue weighted by molar-refractivity contribution is 0.596. The third-order valence-corrected chi connectivity index (χ3v) is 4.98. The molecule has 0 unspecified atom stereocenters. The van der Waals surface area contributed by atoms with E-state index in [0.717, 1.165) is 36.8 Å². The standard InChI is InChI=1S/C18H25N3O2S/c19-10-6-2-5-9-15-12-17(20)16(18(13-15)24(21,22)23)11-14-7-3-1-4-8-14/h1,3-4,7-8,12-13H,2,5-6,9-11,19-20H2,(H2,21,22,23). The van der Waals surface area contributed by atoms with Gasteiger partial charge in [0.15, 0.2) is 0 Å². The minimum absolute atomic E-state index is 0.125. The summed E-state index contributed by atoms with van der Waals surface area (Å²) in [6.45, 7) is 0.667. The molecule has 0 aliphatic carbocycles. The van der Waals surface area contributed by atoms with Crippen LogP contribution in [0.2, 0.25) is 0 Å². The van der Waals surface area contributed by atoms with Crippen LogP contribution in [0.4, 0.5) is 5.69 Å². The van der Waals surface area contributed by atoms with Crippen LogP contribution in [0, 0.1) is 0 Å². The van der Waals surface area contributed by atoms with E-state index in [-0.39, 0.29) is 4.90 Å². The van der Waals surface area contributed by atoms with E-state index in [1.165, 1.54) is 0 Å². The number of primary sulfonamides is 1. The van der Waals surface area contributed by atoms with Gasteiger partial charge in [0.1, 0.15) is 0 Å². The van der Waals surface area contributed by atoms with Gasteiger partial charge in [0.05, 0.1) is 4.90 Å². The van der Waals surface area contributed by atoms with Crippen molar-refractivity contribution in [1.82, 2.24) is 0 Å². The normalized spacial score (nSPS) is 11.6. The maximum absolute atomic E-state index is 12.0. The summed E-state index contributed by atoms with van der Waals surface area (Å²) in [4.78, 5) is 0.125. The van der Waals surface area contributed by atoms with Gasteiger partial charge in [0, 0.05) is 12.1 Å². The predicted molar refractivity (Wildman–Crippen MR) is 98.1 cm³/mol. The van der Waals surface area contributed by atoms with Crippen LogP contribution in [0.25, 0.3) is 0 Å². The first-order valence-electron chi connectivity index (χ1n) is 8.10.